The molecule has 0 saturated heterocycles. The number of ether oxygens (including phenoxy) is 1. The molecule has 92 valence electrons. The number of methoxy groups -OCH3 is 1. The van der Waals surface area contributed by atoms with E-state index in [4.69, 9.17) is 15.6 Å². The summed E-state index contributed by atoms with van der Waals surface area (Å²) in [5, 5.41) is 9.05. The van der Waals surface area contributed by atoms with Crippen LogP contribution in [0.5, 0.6) is 0 Å². The Kier molecular flexibility index (Phi) is 4.37. The second-order valence-corrected chi connectivity index (χ2v) is 3.63. The second-order valence-electron chi connectivity index (χ2n) is 3.63. The number of carbonyl (C=O) groups excluding carboxylic acids is 1. The third-order valence-corrected chi connectivity index (χ3v) is 2.64. The van der Waals surface area contributed by atoms with Crippen molar-refractivity contribution in [3.8, 4) is 0 Å². The first-order valence-corrected chi connectivity index (χ1v) is 5.12. The van der Waals surface area contributed by atoms with E-state index < -0.39 is 17.4 Å². The third-order valence-electron chi connectivity index (χ3n) is 2.64. The molecule has 0 amide bonds. The lowest BCUT2D eigenvalue weighted by Gasteiger charge is -2.24. The van der Waals surface area contributed by atoms with E-state index in [9.17, 15) is 9.59 Å². The summed E-state index contributed by atoms with van der Waals surface area (Å²) in [4.78, 5) is 23.0. The molecule has 3 N–H and O–H groups in total. The maximum Gasteiger partial charge on any atom is 0.345 e. The second kappa shape index (κ2) is 5.56. The van der Waals surface area contributed by atoms with Crippen LogP contribution < -0.4 is 5.73 Å². The SMILES string of the molecule is COC(CN)(C(=O)O)C(=O)Cc1ccccc1. The Hall–Kier alpha value is -1.72. The summed E-state index contributed by atoms with van der Waals surface area (Å²) >= 11 is 0. The number of Topliss-reactive ketones (excluding diaryl/α,β-unsaturated/α-hetero) is 1. The number of carboxylic acid groups (broad SMARTS) is 1. The Bertz CT molecular complexity index is 398. The molecular formula is C12H15NO4. The van der Waals surface area contributed by atoms with Crippen LogP contribution in [0.3, 0.4) is 0 Å². The Morgan fingerprint density at radius 1 is 1.35 bits per heavy atom. The Morgan fingerprint density at radius 3 is 2.35 bits per heavy atom. The smallest absolute Gasteiger partial charge is 0.345 e. The van der Waals surface area contributed by atoms with E-state index in [1.54, 1.807) is 24.3 Å². The fourth-order valence-corrected chi connectivity index (χ4v) is 1.53. The number of hydrogen-bond acceptors (Lipinski definition) is 4. The van der Waals surface area contributed by atoms with Crippen molar-refractivity contribution < 1.29 is 19.4 Å². The van der Waals surface area contributed by atoms with E-state index in [-0.39, 0.29) is 13.0 Å². The highest BCUT2D eigenvalue weighted by molar-refractivity contribution is 6.07. The molecule has 0 heterocycles. The fourth-order valence-electron chi connectivity index (χ4n) is 1.53. The van der Waals surface area contributed by atoms with Crippen LogP contribution in [0.2, 0.25) is 0 Å². The highest BCUT2D eigenvalue weighted by atomic mass is 16.5. The van der Waals surface area contributed by atoms with Crippen molar-refractivity contribution in [3.05, 3.63) is 35.9 Å². The van der Waals surface area contributed by atoms with Crippen molar-refractivity contribution in [2.75, 3.05) is 13.7 Å². The van der Waals surface area contributed by atoms with Crippen LogP contribution in [-0.2, 0) is 20.7 Å². The fraction of sp³-hybridized carbons (Fsp3) is 0.333. The van der Waals surface area contributed by atoms with Crippen LogP contribution in [-0.4, -0.2) is 36.1 Å². The van der Waals surface area contributed by atoms with Crippen LogP contribution in [0.4, 0.5) is 0 Å². The van der Waals surface area contributed by atoms with Crippen LogP contribution in [0.1, 0.15) is 5.56 Å². The summed E-state index contributed by atoms with van der Waals surface area (Å²) in [5.74, 6) is -1.91. The van der Waals surface area contributed by atoms with Crippen LogP contribution in [0.15, 0.2) is 30.3 Å². The molecule has 5 nitrogen and oxygen atoms in total. The molecule has 0 saturated carbocycles. The minimum atomic E-state index is -1.95. The number of carbonyl (C=O) groups is 2. The monoisotopic (exact) mass is 237 g/mol. The topological polar surface area (TPSA) is 89.6 Å². The number of aliphatic carboxylic acids is 1. The first-order valence-electron chi connectivity index (χ1n) is 5.12. The Morgan fingerprint density at radius 2 is 1.94 bits per heavy atom. The van der Waals surface area contributed by atoms with Gasteiger partial charge in [0.1, 0.15) is 0 Å². The van der Waals surface area contributed by atoms with Gasteiger partial charge in [0.2, 0.25) is 5.60 Å². The van der Waals surface area contributed by atoms with E-state index in [0.717, 1.165) is 5.56 Å². The molecule has 0 aromatic heterocycles. The van der Waals surface area contributed by atoms with Crippen molar-refractivity contribution in [1.82, 2.24) is 0 Å². The van der Waals surface area contributed by atoms with Gasteiger partial charge in [-0.25, -0.2) is 4.79 Å². The van der Waals surface area contributed by atoms with Gasteiger partial charge in [0.15, 0.2) is 5.78 Å². The van der Waals surface area contributed by atoms with Crippen molar-refractivity contribution in [2.24, 2.45) is 5.73 Å². The van der Waals surface area contributed by atoms with Gasteiger partial charge < -0.3 is 15.6 Å². The average molecular weight is 237 g/mol. The van der Waals surface area contributed by atoms with Crippen LogP contribution in [0.25, 0.3) is 0 Å². The molecular weight excluding hydrogens is 222 g/mol. The zero-order valence-electron chi connectivity index (χ0n) is 9.55. The van der Waals surface area contributed by atoms with Crippen molar-refractivity contribution in [2.45, 2.75) is 12.0 Å². The molecule has 1 unspecified atom stereocenters. The summed E-state index contributed by atoms with van der Waals surface area (Å²) in [6.45, 7) is -0.384. The van der Waals surface area contributed by atoms with Gasteiger partial charge in [0.05, 0.1) is 0 Å². The highest BCUT2D eigenvalue weighted by Crippen LogP contribution is 2.14. The van der Waals surface area contributed by atoms with E-state index in [1.807, 2.05) is 6.07 Å². The Balaban J connectivity index is 2.91. The number of rotatable bonds is 6. The normalized spacial score (nSPS) is 14.0. The van der Waals surface area contributed by atoms with Gasteiger partial charge in [0.25, 0.3) is 0 Å². The minimum Gasteiger partial charge on any atom is -0.479 e. The van der Waals surface area contributed by atoms with E-state index in [2.05, 4.69) is 0 Å². The summed E-state index contributed by atoms with van der Waals surface area (Å²) < 4.78 is 4.81. The molecule has 5 heteroatoms. The van der Waals surface area contributed by atoms with Gasteiger partial charge in [-0.1, -0.05) is 30.3 Å². The molecule has 1 aromatic rings. The highest BCUT2D eigenvalue weighted by Gasteiger charge is 2.44. The lowest BCUT2D eigenvalue weighted by molar-refractivity contribution is -0.167. The van der Waals surface area contributed by atoms with Gasteiger partial charge in [-0.15, -0.1) is 0 Å². The van der Waals surface area contributed by atoms with Gasteiger partial charge in [-0.2, -0.15) is 0 Å². The molecule has 0 fully saturated rings. The summed E-state index contributed by atoms with van der Waals surface area (Å²) in [6.07, 6.45) is -0.0157. The zero-order valence-corrected chi connectivity index (χ0v) is 9.55. The maximum atomic E-state index is 12.0. The first kappa shape index (κ1) is 13.3. The minimum absolute atomic E-state index is 0.0157. The van der Waals surface area contributed by atoms with Crippen molar-refractivity contribution >= 4 is 11.8 Å². The molecule has 0 aliphatic heterocycles. The van der Waals surface area contributed by atoms with Gasteiger partial charge in [0, 0.05) is 20.1 Å². The van der Waals surface area contributed by atoms with Gasteiger partial charge in [-0.3, -0.25) is 4.79 Å². The van der Waals surface area contributed by atoms with E-state index in [1.165, 1.54) is 7.11 Å². The number of benzene rings is 1. The molecule has 17 heavy (non-hydrogen) atoms. The lowest BCUT2D eigenvalue weighted by Crippen LogP contribution is -2.54. The van der Waals surface area contributed by atoms with Crippen LogP contribution in [0, 0.1) is 0 Å². The standard InChI is InChI=1S/C12H15NO4/c1-17-12(8-13,11(15)16)10(14)7-9-5-3-2-4-6-9/h2-6H,7-8,13H2,1H3,(H,15,16). The molecule has 0 aliphatic rings. The predicted octanol–water partition coefficient (Wildman–Crippen LogP) is 0.227. The summed E-state index contributed by atoms with van der Waals surface area (Å²) in [7, 11) is 1.17. The van der Waals surface area contributed by atoms with Crippen molar-refractivity contribution in [3.63, 3.8) is 0 Å². The molecule has 0 bridgehead atoms. The molecule has 1 aromatic carbocycles. The largest absolute Gasteiger partial charge is 0.479 e. The number of nitrogens with two attached hydrogens (primary N) is 1. The number of hydrogen-bond donors (Lipinski definition) is 2. The van der Waals surface area contributed by atoms with Gasteiger partial charge in [-0.05, 0) is 5.56 Å². The number of ketones is 1. The first-order chi connectivity index (χ1) is 8.06. The summed E-state index contributed by atoms with van der Waals surface area (Å²) in [6, 6.07) is 8.87. The summed E-state index contributed by atoms with van der Waals surface area (Å²) in [5.41, 5.74) is 4.13. The molecule has 1 atom stereocenters. The van der Waals surface area contributed by atoms with E-state index in [0.29, 0.717) is 0 Å². The molecule has 0 radical (unpaired) electrons. The van der Waals surface area contributed by atoms with Gasteiger partial charge >= 0.3 is 5.97 Å². The lowest BCUT2D eigenvalue weighted by atomic mass is 9.93. The number of carboxylic acids is 1. The quantitative estimate of drug-likeness (QED) is 0.691. The molecule has 0 spiro atoms. The average Bonchev–Trinajstić information content (AvgIpc) is 2.32. The Labute approximate surface area is 99.2 Å². The molecule has 1 rings (SSSR count). The van der Waals surface area contributed by atoms with Crippen molar-refractivity contribution in [1.29, 1.82) is 0 Å². The maximum absolute atomic E-state index is 12.0. The zero-order chi connectivity index (χ0) is 12.9. The molecule has 0 aliphatic carbocycles. The van der Waals surface area contributed by atoms with E-state index >= 15 is 0 Å². The third kappa shape index (κ3) is 2.69. The van der Waals surface area contributed by atoms with Crippen LogP contribution >= 0.6 is 0 Å². The predicted molar refractivity (Wildman–Crippen MR) is 61.6 cm³/mol.